The molecule has 1 aliphatic heterocycles. The summed E-state index contributed by atoms with van der Waals surface area (Å²) in [5, 5.41) is 3.02. The van der Waals surface area contributed by atoms with Crippen LogP contribution >= 0.6 is 0 Å². The van der Waals surface area contributed by atoms with Crippen LogP contribution in [0.5, 0.6) is 0 Å². The molecular formula is C18H29N3O3S. The second-order valence-corrected chi connectivity index (χ2v) is 8.55. The molecule has 0 radical (unpaired) electrons. The summed E-state index contributed by atoms with van der Waals surface area (Å²) in [6, 6.07) is 7.75. The van der Waals surface area contributed by atoms with Crippen LogP contribution in [0.25, 0.3) is 0 Å². The van der Waals surface area contributed by atoms with Crippen LogP contribution in [0.4, 0.5) is 0 Å². The number of benzene rings is 1. The maximum Gasteiger partial charge on any atom is 0.251 e. The first-order chi connectivity index (χ1) is 11.8. The largest absolute Gasteiger partial charge is 0.349 e. The fraction of sp³-hybridized carbons (Fsp3) is 0.611. The zero-order chi connectivity index (χ0) is 18.4. The number of hydrogen-bond donors (Lipinski definition) is 1. The van der Waals surface area contributed by atoms with E-state index in [1.807, 2.05) is 24.3 Å². The van der Waals surface area contributed by atoms with Gasteiger partial charge in [0.2, 0.25) is 10.0 Å². The van der Waals surface area contributed by atoms with Crippen molar-refractivity contribution in [2.45, 2.75) is 39.3 Å². The van der Waals surface area contributed by atoms with E-state index in [0.717, 1.165) is 19.6 Å². The van der Waals surface area contributed by atoms with Crippen molar-refractivity contribution < 1.29 is 13.2 Å². The summed E-state index contributed by atoms with van der Waals surface area (Å²) in [5.74, 6) is -0.0906. The Morgan fingerprint density at radius 3 is 2.20 bits per heavy atom. The standard InChI is InChI=1S/C18H29N3O3S/c1-4-20(5-2)14-15-6-8-16(9-7-15)18(22)19-17-10-12-21(13-11-17)25(3,23)24/h6-9,17H,4-5,10-14H2,1-3H3,(H,19,22). The van der Waals surface area contributed by atoms with E-state index in [-0.39, 0.29) is 11.9 Å². The minimum absolute atomic E-state index is 0.0286. The van der Waals surface area contributed by atoms with Crippen LogP contribution < -0.4 is 5.32 Å². The first-order valence-corrected chi connectivity index (χ1v) is 10.8. The van der Waals surface area contributed by atoms with Gasteiger partial charge in [0.1, 0.15) is 0 Å². The summed E-state index contributed by atoms with van der Waals surface area (Å²) in [7, 11) is -3.13. The summed E-state index contributed by atoms with van der Waals surface area (Å²) in [5.41, 5.74) is 1.84. The Balaban J connectivity index is 1.87. The summed E-state index contributed by atoms with van der Waals surface area (Å²) >= 11 is 0. The lowest BCUT2D eigenvalue weighted by Crippen LogP contribution is -2.46. The van der Waals surface area contributed by atoms with E-state index in [4.69, 9.17) is 0 Å². The van der Waals surface area contributed by atoms with E-state index in [9.17, 15) is 13.2 Å². The van der Waals surface area contributed by atoms with Crippen LogP contribution in [0.15, 0.2) is 24.3 Å². The Bertz CT molecular complexity index is 661. The summed E-state index contributed by atoms with van der Waals surface area (Å²) in [4.78, 5) is 14.7. The fourth-order valence-corrected chi connectivity index (χ4v) is 3.94. The molecule has 1 N–H and O–H groups in total. The first kappa shape index (κ1) is 19.9. The number of piperidine rings is 1. The van der Waals surface area contributed by atoms with Crippen LogP contribution in [-0.4, -0.2) is 62.0 Å². The van der Waals surface area contributed by atoms with Crippen molar-refractivity contribution in [2.24, 2.45) is 0 Å². The Hall–Kier alpha value is -1.44. The third kappa shape index (κ3) is 5.80. The molecule has 0 bridgehead atoms. The molecule has 0 atom stereocenters. The van der Waals surface area contributed by atoms with Crippen molar-refractivity contribution in [3.05, 3.63) is 35.4 Å². The van der Waals surface area contributed by atoms with Crippen LogP contribution in [0.1, 0.15) is 42.6 Å². The van der Waals surface area contributed by atoms with E-state index in [0.29, 0.717) is 31.5 Å². The van der Waals surface area contributed by atoms with Crippen molar-refractivity contribution in [1.29, 1.82) is 0 Å². The smallest absolute Gasteiger partial charge is 0.251 e. The highest BCUT2D eigenvalue weighted by atomic mass is 32.2. The number of rotatable bonds is 7. The van der Waals surface area contributed by atoms with Gasteiger partial charge in [-0.15, -0.1) is 0 Å². The number of nitrogens with zero attached hydrogens (tertiary/aromatic N) is 2. The Morgan fingerprint density at radius 1 is 1.16 bits per heavy atom. The molecule has 0 saturated carbocycles. The minimum Gasteiger partial charge on any atom is -0.349 e. The lowest BCUT2D eigenvalue weighted by Gasteiger charge is -2.30. The highest BCUT2D eigenvalue weighted by Gasteiger charge is 2.25. The predicted octanol–water partition coefficient (Wildman–Crippen LogP) is 1.68. The third-order valence-corrected chi connectivity index (χ3v) is 6.08. The Morgan fingerprint density at radius 2 is 1.72 bits per heavy atom. The van der Waals surface area contributed by atoms with E-state index < -0.39 is 10.0 Å². The van der Waals surface area contributed by atoms with E-state index in [1.54, 1.807) is 0 Å². The van der Waals surface area contributed by atoms with Gasteiger partial charge in [-0.25, -0.2) is 12.7 Å². The molecule has 0 unspecified atom stereocenters. The second kappa shape index (κ2) is 8.78. The van der Waals surface area contributed by atoms with Gasteiger partial charge in [0.15, 0.2) is 0 Å². The number of hydrogen-bond acceptors (Lipinski definition) is 4. The molecule has 0 aromatic heterocycles. The molecule has 1 heterocycles. The summed E-state index contributed by atoms with van der Waals surface area (Å²) in [6.07, 6.45) is 2.53. The molecule has 1 saturated heterocycles. The molecule has 2 rings (SSSR count). The van der Waals surface area contributed by atoms with Gasteiger partial charge in [-0.1, -0.05) is 26.0 Å². The lowest BCUT2D eigenvalue weighted by molar-refractivity contribution is 0.0924. The molecule has 7 heteroatoms. The van der Waals surface area contributed by atoms with Crippen molar-refractivity contribution in [3.8, 4) is 0 Å². The van der Waals surface area contributed by atoms with Gasteiger partial charge < -0.3 is 5.32 Å². The second-order valence-electron chi connectivity index (χ2n) is 6.57. The van der Waals surface area contributed by atoms with Crippen molar-refractivity contribution in [1.82, 2.24) is 14.5 Å². The lowest BCUT2D eigenvalue weighted by atomic mass is 10.1. The number of sulfonamides is 1. The van der Waals surface area contributed by atoms with Gasteiger partial charge >= 0.3 is 0 Å². The van der Waals surface area contributed by atoms with Crippen LogP contribution in [0.3, 0.4) is 0 Å². The summed E-state index contributed by atoms with van der Waals surface area (Å²) in [6.45, 7) is 8.11. The number of carbonyl (C=O) groups is 1. The molecule has 1 aliphatic rings. The molecule has 1 amide bonds. The number of nitrogens with one attached hydrogen (secondary N) is 1. The minimum atomic E-state index is -3.13. The molecular weight excluding hydrogens is 338 g/mol. The van der Waals surface area contributed by atoms with Gasteiger partial charge in [-0.3, -0.25) is 9.69 Å². The maximum atomic E-state index is 12.4. The van der Waals surface area contributed by atoms with Crippen molar-refractivity contribution >= 4 is 15.9 Å². The molecule has 0 aliphatic carbocycles. The van der Waals surface area contributed by atoms with Gasteiger partial charge in [-0.05, 0) is 43.6 Å². The quantitative estimate of drug-likeness (QED) is 0.796. The maximum absolute atomic E-state index is 12.4. The van der Waals surface area contributed by atoms with Crippen molar-refractivity contribution in [3.63, 3.8) is 0 Å². The van der Waals surface area contributed by atoms with Crippen LogP contribution in [0.2, 0.25) is 0 Å². The van der Waals surface area contributed by atoms with E-state index in [2.05, 4.69) is 24.1 Å². The molecule has 1 aromatic carbocycles. The van der Waals surface area contributed by atoms with E-state index >= 15 is 0 Å². The SMILES string of the molecule is CCN(CC)Cc1ccc(C(=O)NC2CCN(S(C)(=O)=O)CC2)cc1. The Labute approximate surface area is 151 Å². The number of amides is 1. The van der Waals surface area contributed by atoms with Gasteiger partial charge in [0.05, 0.1) is 6.26 Å². The van der Waals surface area contributed by atoms with Gasteiger partial charge in [0, 0.05) is 31.2 Å². The molecule has 1 fully saturated rings. The topological polar surface area (TPSA) is 69.7 Å². The highest BCUT2D eigenvalue weighted by molar-refractivity contribution is 7.88. The predicted molar refractivity (Wildman–Crippen MR) is 100.0 cm³/mol. The van der Waals surface area contributed by atoms with Crippen LogP contribution in [0, 0.1) is 0 Å². The van der Waals surface area contributed by atoms with Gasteiger partial charge in [-0.2, -0.15) is 0 Å². The van der Waals surface area contributed by atoms with Gasteiger partial charge in [0.25, 0.3) is 5.91 Å². The average Bonchev–Trinajstić information content (AvgIpc) is 2.59. The van der Waals surface area contributed by atoms with E-state index in [1.165, 1.54) is 16.1 Å². The zero-order valence-electron chi connectivity index (χ0n) is 15.4. The number of carbonyl (C=O) groups excluding carboxylic acids is 1. The monoisotopic (exact) mass is 367 g/mol. The third-order valence-electron chi connectivity index (χ3n) is 4.77. The molecule has 0 spiro atoms. The average molecular weight is 368 g/mol. The molecule has 1 aromatic rings. The van der Waals surface area contributed by atoms with Crippen LogP contribution in [-0.2, 0) is 16.6 Å². The van der Waals surface area contributed by atoms with Crippen molar-refractivity contribution in [2.75, 3.05) is 32.4 Å². The molecule has 6 nitrogen and oxygen atoms in total. The summed E-state index contributed by atoms with van der Waals surface area (Å²) < 4.78 is 24.5. The first-order valence-electron chi connectivity index (χ1n) is 8.90. The Kier molecular flexibility index (Phi) is 6.98. The molecule has 25 heavy (non-hydrogen) atoms. The molecule has 140 valence electrons. The highest BCUT2D eigenvalue weighted by Crippen LogP contribution is 2.14. The normalized spacial score (nSPS) is 17.0. The fourth-order valence-electron chi connectivity index (χ4n) is 3.07. The zero-order valence-corrected chi connectivity index (χ0v) is 16.2.